The first-order valence-electron chi connectivity index (χ1n) is 9.68. The van der Waals surface area contributed by atoms with Gasteiger partial charge in [-0.3, -0.25) is 4.79 Å². The monoisotopic (exact) mass is 413 g/mol. The third kappa shape index (κ3) is 3.29. The van der Waals surface area contributed by atoms with Gasteiger partial charge in [-0.2, -0.15) is 5.10 Å². The van der Waals surface area contributed by atoms with Crippen molar-refractivity contribution in [3.63, 3.8) is 0 Å². The maximum Gasteiger partial charge on any atom is 0.275 e. The molecule has 0 aliphatic heterocycles. The van der Waals surface area contributed by atoms with Gasteiger partial charge < -0.3 is 9.88 Å². The quantitative estimate of drug-likeness (QED) is 0.429. The second-order valence-corrected chi connectivity index (χ2v) is 7.68. The first kappa shape index (κ1) is 18.3. The van der Waals surface area contributed by atoms with Gasteiger partial charge in [-0.05, 0) is 49.4 Å². The number of hydrogen-bond donors (Lipinski definition) is 1. The number of rotatable bonds is 5. The highest BCUT2D eigenvalue weighted by Crippen LogP contribution is 2.30. The standard InChI is InChI=1S/C23H19N5OS/c1-2-27-20-7-4-3-6-16(20)14-21(27)23-26-19(15-30-23)22(29)25-17-8-10-18(11-9-17)28-13-5-12-24-28/h3-15H,2H2,1H3,(H,25,29). The topological polar surface area (TPSA) is 64.7 Å². The van der Waals surface area contributed by atoms with Gasteiger partial charge in [-0.1, -0.05) is 18.2 Å². The molecule has 3 heterocycles. The molecule has 0 saturated carbocycles. The molecule has 1 N–H and O–H groups in total. The number of fused-ring (bicyclic) bond motifs is 1. The summed E-state index contributed by atoms with van der Waals surface area (Å²) in [6.07, 6.45) is 3.60. The van der Waals surface area contributed by atoms with Crippen LogP contribution in [0.4, 0.5) is 5.69 Å². The van der Waals surface area contributed by atoms with E-state index in [1.807, 2.05) is 48.7 Å². The second-order valence-electron chi connectivity index (χ2n) is 6.82. The molecule has 6 nitrogen and oxygen atoms in total. The summed E-state index contributed by atoms with van der Waals surface area (Å²) in [5, 5.41) is 10.9. The SMILES string of the molecule is CCn1c(-c2nc(C(=O)Nc3ccc(-n4cccn4)cc3)cs2)cc2ccccc21. The molecule has 0 aliphatic rings. The summed E-state index contributed by atoms with van der Waals surface area (Å²) in [5.41, 5.74) is 4.27. The first-order valence-corrected chi connectivity index (χ1v) is 10.6. The minimum absolute atomic E-state index is 0.219. The van der Waals surface area contributed by atoms with Gasteiger partial charge in [0, 0.05) is 40.9 Å². The summed E-state index contributed by atoms with van der Waals surface area (Å²) in [5.74, 6) is -0.219. The number of carbonyl (C=O) groups is 1. The number of benzene rings is 2. The normalized spacial score (nSPS) is 11.1. The number of thiazole rings is 1. The molecule has 5 rings (SSSR count). The van der Waals surface area contributed by atoms with Crippen LogP contribution in [-0.2, 0) is 6.54 Å². The molecule has 0 unspecified atom stereocenters. The molecule has 0 saturated heterocycles. The average molecular weight is 414 g/mol. The minimum atomic E-state index is -0.219. The van der Waals surface area contributed by atoms with E-state index in [0.717, 1.165) is 22.9 Å². The summed E-state index contributed by atoms with van der Waals surface area (Å²) in [6, 6.07) is 19.8. The molecular formula is C23H19N5OS. The zero-order valence-electron chi connectivity index (χ0n) is 16.3. The molecule has 0 bridgehead atoms. The predicted molar refractivity (Wildman–Crippen MR) is 120 cm³/mol. The molecule has 5 aromatic rings. The van der Waals surface area contributed by atoms with Crippen molar-refractivity contribution in [3.8, 4) is 16.4 Å². The van der Waals surface area contributed by atoms with E-state index in [1.165, 1.54) is 22.2 Å². The van der Waals surface area contributed by atoms with Crippen LogP contribution in [0.25, 0.3) is 27.3 Å². The van der Waals surface area contributed by atoms with Crippen molar-refractivity contribution in [1.82, 2.24) is 19.3 Å². The summed E-state index contributed by atoms with van der Waals surface area (Å²) in [7, 11) is 0. The third-order valence-electron chi connectivity index (χ3n) is 4.98. The maximum atomic E-state index is 12.7. The van der Waals surface area contributed by atoms with E-state index in [0.29, 0.717) is 11.4 Å². The third-order valence-corrected chi connectivity index (χ3v) is 5.84. The Balaban J connectivity index is 1.37. The van der Waals surface area contributed by atoms with Crippen LogP contribution in [0.3, 0.4) is 0 Å². The molecule has 30 heavy (non-hydrogen) atoms. The van der Waals surface area contributed by atoms with Crippen molar-refractivity contribution >= 4 is 33.8 Å². The molecule has 148 valence electrons. The molecule has 1 amide bonds. The second kappa shape index (κ2) is 7.61. The predicted octanol–water partition coefficient (Wildman–Crippen LogP) is 5.22. The number of aromatic nitrogens is 4. The number of nitrogens with zero attached hydrogens (tertiary/aromatic N) is 4. The van der Waals surface area contributed by atoms with E-state index >= 15 is 0 Å². The fourth-order valence-corrected chi connectivity index (χ4v) is 4.36. The van der Waals surface area contributed by atoms with E-state index in [1.54, 1.807) is 16.3 Å². The van der Waals surface area contributed by atoms with Crippen molar-refractivity contribution in [2.24, 2.45) is 0 Å². The summed E-state index contributed by atoms with van der Waals surface area (Å²) < 4.78 is 4.00. The fraction of sp³-hybridized carbons (Fsp3) is 0.0870. The van der Waals surface area contributed by atoms with Crippen LogP contribution in [0.15, 0.2) is 78.4 Å². The lowest BCUT2D eigenvalue weighted by Gasteiger charge is -2.06. The lowest BCUT2D eigenvalue weighted by atomic mass is 10.2. The number of amides is 1. The Morgan fingerprint density at radius 3 is 2.70 bits per heavy atom. The Morgan fingerprint density at radius 1 is 1.10 bits per heavy atom. The van der Waals surface area contributed by atoms with Crippen LogP contribution < -0.4 is 5.32 Å². The van der Waals surface area contributed by atoms with Gasteiger partial charge in [-0.25, -0.2) is 9.67 Å². The molecule has 0 spiro atoms. The maximum absolute atomic E-state index is 12.7. The van der Waals surface area contributed by atoms with Crippen molar-refractivity contribution in [3.05, 3.63) is 84.1 Å². The summed E-state index contributed by atoms with van der Waals surface area (Å²) in [4.78, 5) is 17.3. The number of hydrogen-bond acceptors (Lipinski definition) is 4. The van der Waals surface area contributed by atoms with E-state index in [4.69, 9.17) is 0 Å². The van der Waals surface area contributed by atoms with Crippen molar-refractivity contribution in [1.29, 1.82) is 0 Å². The van der Waals surface area contributed by atoms with Crippen molar-refractivity contribution in [2.45, 2.75) is 13.5 Å². The largest absolute Gasteiger partial charge is 0.339 e. The van der Waals surface area contributed by atoms with Crippen LogP contribution in [-0.4, -0.2) is 25.2 Å². The Labute approximate surface area is 177 Å². The van der Waals surface area contributed by atoms with Crippen LogP contribution in [0, 0.1) is 0 Å². The zero-order chi connectivity index (χ0) is 20.5. The average Bonchev–Trinajstić information content (AvgIpc) is 3.53. The van der Waals surface area contributed by atoms with E-state index < -0.39 is 0 Å². The van der Waals surface area contributed by atoms with Gasteiger partial charge in [0.2, 0.25) is 0 Å². The lowest BCUT2D eigenvalue weighted by Crippen LogP contribution is -2.12. The van der Waals surface area contributed by atoms with Gasteiger partial charge in [-0.15, -0.1) is 11.3 Å². The Morgan fingerprint density at radius 2 is 1.93 bits per heavy atom. The number of nitrogens with one attached hydrogen (secondary N) is 1. The van der Waals surface area contributed by atoms with E-state index in [9.17, 15) is 4.79 Å². The summed E-state index contributed by atoms with van der Waals surface area (Å²) in [6.45, 7) is 2.95. The van der Waals surface area contributed by atoms with Crippen LogP contribution in [0.1, 0.15) is 17.4 Å². The molecule has 2 aromatic carbocycles. The smallest absolute Gasteiger partial charge is 0.275 e. The van der Waals surface area contributed by atoms with Crippen LogP contribution in [0.2, 0.25) is 0 Å². The lowest BCUT2D eigenvalue weighted by molar-refractivity contribution is 0.102. The number of anilines is 1. The Kier molecular flexibility index (Phi) is 4.65. The molecule has 7 heteroatoms. The van der Waals surface area contributed by atoms with Crippen LogP contribution >= 0.6 is 11.3 Å². The number of carbonyl (C=O) groups excluding carboxylic acids is 1. The van der Waals surface area contributed by atoms with Crippen LogP contribution in [0.5, 0.6) is 0 Å². The Bertz CT molecular complexity index is 1320. The molecule has 0 atom stereocenters. The molecule has 0 fully saturated rings. The fourth-order valence-electron chi connectivity index (χ4n) is 3.54. The molecule has 0 radical (unpaired) electrons. The van der Waals surface area contributed by atoms with Gasteiger partial charge >= 0.3 is 0 Å². The minimum Gasteiger partial charge on any atom is -0.339 e. The van der Waals surface area contributed by atoms with Gasteiger partial charge in [0.15, 0.2) is 0 Å². The van der Waals surface area contributed by atoms with Gasteiger partial charge in [0.1, 0.15) is 10.7 Å². The van der Waals surface area contributed by atoms with Crippen molar-refractivity contribution in [2.75, 3.05) is 5.32 Å². The van der Waals surface area contributed by atoms with Gasteiger partial charge in [0.05, 0.1) is 11.4 Å². The van der Waals surface area contributed by atoms with Crippen molar-refractivity contribution < 1.29 is 4.79 Å². The molecule has 3 aromatic heterocycles. The molecule has 0 aliphatic carbocycles. The Hall–Kier alpha value is -3.71. The van der Waals surface area contributed by atoms with Gasteiger partial charge in [0.25, 0.3) is 5.91 Å². The highest BCUT2D eigenvalue weighted by molar-refractivity contribution is 7.13. The van der Waals surface area contributed by atoms with E-state index in [-0.39, 0.29) is 5.91 Å². The zero-order valence-corrected chi connectivity index (χ0v) is 17.1. The highest BCUT2D eigenvalue weighted by Gasteiger charge is 2.16. The number of para-hydroxylation sites is 1. The molecular weight excluding hydrogens is 394 g/mol. The number of aryl methyl sites for hydroxylation is 1. The summed E-state index contributed by atoms with van der Waals surface area (Å²) >= 11 is 1.48. The van der Waals surface area contributed by atoms with E-state index in [2.05, 4.69) is 45.1 Å². The highest BCUT2D eigenvalue weighted by atomic mass is 32.1. The first-order chi connectivity index (χ1) is 14.7.